The first-order valence-corrected chi connectivity index (χ1v) is 14.8. The van der Waals surface area contributed by atoms with Crippen LogP contribution in [0.15, 0.2) is 25.3 Å². The number of ether oxygens (including phenoxy) is 3. The first kappa shape index (κ1) is 44.2. The highest BCUT2D eigenvalue weighted by Gasteiger charge is 2.39. The van der Waals surface area contributed by atoms with Crippen LogP contribution in [-0.4, -0.2) is 77.0 Å². The topological polar surface area (TPSA) is 137 Å². The highest BCUT2D eigenvalue weighted by Crippen LogP contribution is 2.30. The Hall–Kier alpha value is -3.26. The Balaban J connectivity index is -0.000000569. The molecule has 2 aliphatic heterocycles. The highest BCUT2D eigenvalue weighted by atomic mass is 16.6. The Bertz CT molecular complexity index is 841. The predicted octanol–water partition coefficient (Wildman–Crippen LogP) is 6.92. The Labute approximate surface area is 259 Å². The highest BCUT2D eigenvalue weighted by molar-refractivity contribution is 5.70. The van der Waals surface area contributed by atoms with E-state index in [1.54, 1.807) is 12.0 Å². The van der Waals surface area contributed by atoms with Gasteiger partial charge >= 0.3 is 24.5 Å². The van der Waals surface area contributed by atoms with Gasteiger partial charge in [0.25, 0.3) is 0 Å². The number of methoxy groups -OCH3 is 1. The third-order valence-electron chi connectivity index (χ3n) is 6.22. The normalized spacial score (nSPS) is 20.4. The fraction of sp³-hybridized carbons (Fsp3) is 0.750. The Morgan fingerprint density at radius 3 is 1.40 bits per heavy atom. The number of carbonyl (C=O) groups is 2. The number of rotatable bonds is 6. The van der Waals surface area contributed by atoms with Gasteiger partial charge < -0.3 is 19.1 Å². The van der Waals surface area contributed by atoms with Crippen molar-refractivity contribution in [3.63, 3.8) is 0 Å². The van der Waals surface area contributed by atoms with E-state index >= 15 is 0 Å². The van der Waals surface area contributed by atoms with Crippen LogP contribution in [0.25, 0.3) is 0 Å². The molecule has 2 rings (SSSR count). The lowest BCUT2D eigenvalue weighted by atomic mass is 10.1. The summed E-state index contributed by atoms with van der Waals surface area (Å²) in [6.07, 6.45) is 11.6. The monoisotopic (exact) mass is 612 g/mol. The summed E-state index contributed by atoms with van der Waals surface area (Å²) < 4.78 is 16.2. The van der Waals surface area contributed by atoms with Gasteiger partial charge in [0.2, 0.25) is 0 Å². The maximum absolute atomic E-state index is 12.2. The second kappa shape index (κ2) is 24.2. The molecule has 2 aliphatic rings. The molecule has 0 radical (unpaired) electrons. The first-order chi connectivity index (χ1) is 20.0. The lowest BCUT2D eigenvalue weighted by Gasteiger charge is -2.32. The number of nitrogens with zero attached hydrogens (tertiary/aromatic N) is 2. The summed E-state index contributed by atoms with van der Waals surface area (Å²) in [6.45, 7) is 24.9. The number of amides is 2. The molecule has 0 aromatic carbocycles. The molecule has 4 atom stereocenters. The molecule has 248 valence electrons. The molecule has 0 aliphatic carbocycles. The van der Waals surface area contributed by atoms with Gasteiger partial charge in [0.1, 0.15) is 17.4 Å². The molecule has 2 amide bonds. The van der Waals surface area contributed by atoms with Gasteiger partial charge in [0.15, 0.2) is 0 Å². The maximum Gasteiger partial charge on any atom is 0.412 e. The fourth-order valence-corrected chi connectivity index (χ4v) is 4.46. The summed E-state index contributed by atoms with van der Waals surface area (Å²) in [5.74, 6) is 0. The van der Waals surface area contributed by atoms with Crippen molar-refractivity contribution >= 4 is 24.5 Å². The van der Waals surface area contributed by atoms with Crippen LogP contribution < -0.4 is 0 Å². The molecular weight excluding hydrogens is 556 g/mol. The molecule has 0 spiro atoms. The van der Waals surface area contributed by atoms with Gasteiger partial charge in [-0.3, -0.25) is 4.90 Å². The number of likely N-dealkylation sites (tertiary alicyclic amines) is 2. The molecule has 11 heteroatoms. The van der Waals surface area contributed by atoms with Crippen molar-refractivity contribution in [2.75, 3.05) is 7.11 Å². The summed E-state index contributed by atoms with van der Waals surface area (Å²) in [7, 11) is 1.64. The summed E-state index contributed by atoms with van der Waals surface area (Å²) in [5.41, 5.74) is -0.868. The number of allylic oxidation sites excluding steroid dienone is 1. The van der Waals surface area contributed by atoms with Crippen molar-refractivity contribution in [3.8, 4) is 0 Å². The molecule has 2 fully saturated rings. The minimum absolute atomic E-state index is 0.125. The van der Waals surface area contributed by atoms with E-state index in [0.29, 0.717) is 6.04 Å². The van der Waals surface area contributed by atoms with E-state index in [4.69, 9.17) is 33.4 Å². The zero-order valence-corrected chi connectivity index (χ0v) is 28.1. The lowest BCUT2D eigenvalue weighted by Crippen LogP contribution is -2.44. The van der Waals surface area contributed by atoms with Gasteiger partial charge in [0, 0.05) is 25.2 Å². The summed E-state index contributed by atoms with van der Waals surface area (Å²) in [4.78, 5) is 60.4. The van der Waals surface area contributed by atoms with E-state index < -0.39 is 11.2 Å². The molecule has 0 aromatic rings. The van der Waals surface area contributed by atoms with Gasteiger partial charge in [-0.1, -0.05) is 32.9 Å². The maximum atomic E-state index is 12.2. The molecule has 0 saturated carbocycles. The molecule has 2 saturated heterocycles. The van der Waals surface area contributed by atoms with Gasteiger partial charge in [-0.05, 0) is 92.9 Å². The average molecular weight is 613 g/mol. The van der Waals surface area contributed by atoms with Crippen molar-refractivity contribution in [2.45, 2.75) is 149 Å². The molecular formula is C32H56N2O9. The third kappa shape index (κ3) is 20.3. The zero-order chi connectivity index (χ0) is 34.2. The van der Waals surface area contributed by atoms with Crippen molar-refractivity contribution in [3.05, 3.63) is 25.3 Å². The van der Waals surface area contributed by atoms with Gasteiger partial charge in [0.05, 0.1) is 0 Å². The Morgan fingerprint density at radius 2 is 1.07 bits per heavy atom. The minimum Gasteiger partial charge on any atom is -0.444 e. The molecule has 11 nitrogen and oxygen atoms in total. The summed E-state index contributed by atoms with van der Waals surface area (Å²) >= 11 is 0. The standard InChI is InChI=1S/C14H25NO2.C12H23NO3.C4H8.2CO2/c1-6-8-12-10-9-11(7-2)15(12)13(16)17-14(3,4)5;1-6-9-7-8-10(15-5)13(9)11(14)16-12(2,3)4;1-3-4-2;2*2-1-3/h6,11-12H,1,7-10H2,2-5H3;9-10H,6-8H2,1-5H3;3H,1,4H2,2H3;;/t11-,12?;9-,10?;;;/m11.../s1. The smallest absolute Gasteiger partial charge is 0.412 e. The Morgan fingerprint density at radius 1 is 0.721 bits per heavy atom. The van der Waals surface area contributed by atoms with Crippen molar-refractivity contribution in [1.82, 2.24) is 9.80 Å². The largest absolute Gasteiger partial charge is 0.444 e. The molecule has 0 N–H and O–H groups in total. The first-order valence-electron chi connectivity index (χ1n) is 14.8. The van der Waals surface area contributed by atoms with Gasteiger partial charge in [-0.2, -0.15) is 19.2 Å². The van der Waals surface area contributed by atoms with Crippen molar-refractivity contribution in [2.24, 2.45) is 0 Å². The van der Waals surface area contributed by atoms with Crippen LogP contribution in [0.1, 0.15) is 114 Å². The van der Waals surface area contributed by atoms with E-state index in [9.17, 15) is 9.59 Å². The third-order valence-corrected chi connectivity index (χ3v) is 6.22. The van der Waals surface area contributed by atoms with Gasteiger partial charge in [-0.25, -0.2) is 9.59 Å². The van der Waals surface area contributed by atoms with Crippen LogP contribution in [0, 0.1) is 0 Å². The molecule has 0 aromatic heterocycles. The van der Waals surface area contributed by atoms with Crippen LogP contribution >= 0.6 is 0 Å². The van der Waals surface area contributed by atoms with Crippen molar-refractivity contribution < 1.29 is 43.0 Å². The van der Waals surface area contributed by atoms with E-state index in [0.717, 1.165) is 51.4 Å². The quantitative estimate of drug-likeness (QED) is 0.293. The summed E-state index contributed by atoms with van der Waals surface area (Å²) in [6, 6.07) is 0.849. The minimum atomic E-state index is -0.448. The van der Waals surface area contributed by atoms with Crippen LogP contribution in [0.4, 0.5) is 9.59 Å². The number of hydrogen-bond donors (Lipinski definition) is 0. The molecule has 0 bridgehead atoms. The van der Waals surface area contributed by atoms with Crippen LogP contribution in [0.5, 0.6) is 0 Å². The van der Waals surface area contributed by atoms with E-state index in [-0.39, 0.29) is 42.8 Å². The average Bonchev–Trinajstić information content (AvgIpc) is 3.52. The van der Waals surface area contributed by atoms with E-state index in [1.807, 2.05) is 58.6 Å². The second-order valence-electron chi connectivity index (χ2n) is 11.8. The van der Waals surface area contributed by atoms with E-state index in [1.165, 1.54) is 0 Å². The van der Waals surface area contributed by atoms with Gasteiger partial charge in [-0.15, -0.1) is 13.2 Å². The summed E-state index contributed by atoms with van der Waals surface area (Å²) in [5, 5.41) is 0. The zero-order valence-electron chi connectivity index (χ0n) is 28.1. The van der Waals surface area contributed by atoms with Crippen LogP contribution in [0.2, 0.25) is 0 Å². The lowest BCUT2D eigenvalue weighted by molar-refractivity contribution is -0.193. The fourth-order valence-electron chi connectivity index (χ4n) is 4.46. The van der Waals surface area contributed by atoms with E-state index in [2.05, 4.69) is 33.9 Å². The number of carbonyl (C=O) groups excluding carboxylic acids is 6. The van der Waals surface area contributed by atoms with Crippen LogP contribution in [0.3, 0.4) is 0 Å². The number of hydrogen-bond acceptors (Lipinski definition) is 9. The van der Waals surface area contributed by atoms with Crippen molar-refractivity contribution in [1.29, 1.82) is 0 Å². The molecule has 43 heavy (non-hydrogen) atoms. The predicted molar refractivity (Wildman–Crippen MR) is 163 cm³/mol. The SMILES string of the molecule is C=CCC.C=CCC1CC[C@@H](CC)N1C(=O)OC(C)(C)C.CC[C@@H]1CCC(OC)N1C(=O)OC(C)(C)C.O=C=O.O=C=O. The Kier molecular flexibility index (Phi) is 24.9. The molecule has 2 heterocycles. The van der Waals surface area contributed by atoms with Crippen LogP contribution in [-0.2, 0) is 33.4 Å². The molecule has 2 unspecified atom stereocenters. The second-order valence-corrected chi connectivity index (χ2v) is 11.8.